The maximum Gasteiger partial charge on any atom is 0.0806 e. The number of ether oxygens (including phenoxy) is 1. The molecule has 0 aromatic heterocycles. The number of hydrogen-bond donors (Lipinski definition) is 1. The Kier molecular flexibility index (Phi) is 1.10. The Balaban J connectivity index is 2.10. The molecule has 0 saturated carbocycles. The predicted molar refractivity (Wildman–Crippen MR) is 35.0 cm³/mol. The standard InChI is InChI=1S/C7H11NO/c8-4-5-3-6-1-2-7(5)9-6/h1-2,5-7H,3-4,8H2/t5-,6+,7+/m1/s1. The van der Waals surface area contributed by atoms with Crippen LogP contribution in [0.1, 0.15) is 6.42 Å². The molecular formula is C7H11NO. The van der Waals surface area contributed by atoms with E-state index in [4.69, 9.17) is 10.5 Å². The van der Waals surface area contributed by atoms with E-state index in [9.17, 15) is 0 Å². The zero-order valence-electron chi connectivity index (χ0n) is 5.29. The monoisotopic (exact) mass is 125 g/mol. The highest BCUT2D eigenvalue weighted by Gasteiger charge is 2.35. The van der Waals surface area contributed by atoms with Crippen LogP contribution in [0.15, 0.2) is 12.2 Å². The zero-order chi connectivity index (χ0) is 6.27. The highest BCUT2D eigenvalue weighted by atomic mass is 16.5. The van der Waals surface area contributed by atoms with E-state index in [-0.39, 0.29) is 0 Å². The Morgan fingerprint density at radius 1 is 1.56 bits per heavy atom. The van der Waals surface area contributed by atoms with E-state index < -0.39 is 0 Å². The van der Waals surface area contributed by atoms with Crippen molar-refractivity contribution >= 4 is 0 Å². The fraction of sp³-hybridized carbons (Fsp3) is 0.714. The third-order valence-corrected chi connectivity index (χ3v) is 2.15. The molecule has 2 heteroatoms. The molecule has 0 aromatic rings. The van der Waals surface area contributed by atoms with Gasteiger partial charge in [0.25, 0.3) is 0 Å². The third kappa shape index (κ3) is 0.705. The largest absolute Gasteiger partial charge is 0.367 e. The molecule has 2 bridgehead atoms. The van der Waals surface area contributed by atoms with Gasteiger partial charge < -0.3 is 10.5 Å². The molecule has 50 valence electrons. The van der Waals surface area contributed by atoms with Crippen LogP contribution in [0.5, 0.6) is 0 Å². The van der Waals surface area contributed by atoms with E-state index in [0.717, 1.165) is 13.0 Å². The molecule has 3 atom stereocenters. The van der Waals surface area contributed by atoms with E-state index >= 15 is 0 Å². The number of rotatable bonds is 1. The van der Waals surface area contributed by atoms with E-state index in [0.29, 0.717) is 18.1 Å². The van der Waals surface area contributed by atoms with Gasteiger partial charge in [0.2, 0.25) is 0 Å². The minimum atomic E-state index is 0.347. The molecule has 2 heterocycles. The predicted octanol–water partition coefficient (Wildman–Crippen LogP) is 0.289. The summed E-state index contributed by atoms with van der Waals surface area (Å²) in [6.45, 7) is 0.769. The van der Waals surface area contributed by atoms with Crippen LogP contribution < -0.4 is 5.73 Å². The molecule has 0 amide bonds. The minimum Gasteiger partial charge on any atom is -0.367 e. The van der Waals surface area contributed by atoms with Gasteiger partial charge in [-0.2, -0.15) is 0 Å². The van der Waals surface area contributed by atoms with Crippen molar-refractivity contribution < 1.29 is 4.74 Å². The highest BCUT2D eigenvalue weighted by Crippen LogP contribution is 2.32. The van der Waals surface area contributed by atoms with Crippen molar-refractivity contribution in [3.8, 4) is 0 Å². The minimum absolute atomic E-state index is 0.347. The van der Waals surface area contributed by atoms with Crippen LogP contribution in [0.3, 0.4) is 0 Å². The van der Waals surface area contributed by atoms with E-state index in [1.807, 2.05) is 0 Å². The van der Waals surface area contributed by atoms with Gasteiger partial charge in [0.1, 0.15) is 0 Å². The smallest absolute Gasteiger partial charge is 0.0806 e. The van der Waals surface area contributed by atoms with Crippen molar-refractivity contribution in [1.29, 1.82) is 0 Å². The summed E-state index contributed by atoms with van der Waals surface area (Å²) in [6, 6.07) is 0. The van der Waals surface area contributed by atoms with E-state index in [1.54, 1.807) is 0 Å². The maximum absolute atomic E-state index is 5.51. The van der Waals surface area contributed by atoms with Gasteiger partial charge in [-0.3, -0.25) is 0 Å². The Morgan fingerprint density at radius 3 is 2.78 bits per heavy atom. The molecule has 0 radical (unpaired) electrons. The van der Waals surface area contributed by atoms with E-state index in [1.165, 1.54) is 0 Å². The van der Waals surface area contributed by atoms with Crippen LogP contribution in [0, 0.1) is 5.92 Å². The molecule has 2 rings (SSSR count). The second kappa shape index (κ2) is 1.82. The molecule has 0 aromatic carbocycles. The van der Waals surface area contributed by atoms with Crippen LogP contribution in [0.2, 0.25) is 0 Å². The van der Waals surface area contributed by atoms with Crippen molar-refractivity contribution in [1.82, 2.24) is 0 Å². The second-order valence-corrected chi connectivity index (χ2v) is 2.76. The summed E-state index contributed by atoms with van der Waals surface area (Å²) in [6.07, 6.45) is 6.14. The first kappa shape index (κ1) is 5.45. The van der Waals surface area contributed by atoms with Gasteiger partial charge in [-0.25, -0.2) is 0 Å². The lowest BCUT2D eigenvalue weighted by Crippen LogP contribution is -2.22. The Labute approximate surface area is 54.7 Å². The van der Waals surface area contributed by atoms with Crippen LogP contribution in [-0.2, 0) is 4.74 Å². The Morgan fingerprint density at radius 2 is 2.44 bits per heavy atom. The number of fused-ring (bicyclic) bond motifs is 2. The lowest BCUT2D eigenvalue weighted by molar-refractivity contribution is 0.110. The zero-order valence-corrected chi connectivity index (χ0v) is 5.29. The number of hydrogen-bond acceptors (Lipinski definition) is 2. The molecule has 1 fully saturated rings. The lowest BCUT2D eigenvalue weighted by Gasteiger charge is -2.10. The van der Waals surface area contributed by atoms with Gasteiger partial charge in [0.15, 0.2) is 0 Å². The van der Waals surface area contributed by atoms with E-state index in [2.05, 4.69) is 12.2 Å². The Bertz CT molecular complexity index is 144. The summed E-state index contributed by atoms with van der Waals surface area (Å²) < 4.78 is 5.48. The summed E-state index contributed by atoms with van der Waals surface area (Å²) >= 11 is 0. The molecule has 2 aliphatic rings. The molecule has 0 unspecified atom stereocenters. The van der Waals surface area contributed by atoms with Gasteiger partial charge in [0, 0.05) is 5.92 Å². The second-order valence-electron chi connectivity index (χ2n) is 2.76. The molecule has 2 nitrogen and oxygen atoms in total. The van der Waals surface area contributed by atoms with Crippen LogP contribution >= 0.6 is 0 Å². The third-order valence-electron chi connectivity index (χ3n) is 2.15. The molecule has 9 heavy (non-hydrogen) atoms. The van der Waals surface area contributed by atoms with Crippen molar-refractivity contribution in [2.75, 3.05) is 6.54 Å². The van der Waals surface area contributed by atoms with Crippen molar-refractivity contribution in [2.24, 2.45) is 11.7 Å². The summed E-state index contributed by atoms with van der Waals surface area (Å²) in [5, 5.41) is 0. The van der Waals surface area contributed by atoms with Gasteiger partial charge in [0.05, 0.1) is 12.2 Å². The van der Waals surface area contributed by atoms with Gasteiger partial charge >= 0.3 is 0 Å². The average molecular weight is 125 g/mol. The highest BCUT2D eigenvalue weighted by molar-refractivity contribution is 5.10. The number of nitrogens with two attached hydrogens (primary N) is 1. The first-order valence-electron chi connectivity index (χ1n) is 3.44. The van der Waals surface area contributed by atoms with Crippen LogP contribution in [-0.4, -0.2) is 18.8 Å². The van der Waals surface area contributed by atoms with Crippen LogP contribution in [0.25, 0.3) is 0 Å². The quantitative estimate of drug-likeness (QED) is 0.511. The fourth-order valence-corrected chi connectivity index (χ4v) is 1.59. The summed E-state index contributed by atoms with van der Waals surface area (Å²) in [7, 11) is 0. The van der Waals surface area contributed by atoms with Crippen molar-refractivity contribution in [2.45, 2.75) is 18.6 Å². The molecule has 0 aliphatic carbocycles. The first-order chi connectivity index (χ1) is 4.40. The van der Waals surface area contributed by atoms with Gasteiger partial charge in [-0.15, -0.1) is 0 Å². The lowest BCUT2D eigenvalue weighted by atomic mass is 9.95. The average Bonchev–Trinajstić information content (AvgIpc) is 2.45. The molecule has 1 saturated heterocycles. The van der Waals surface area contributed by atoms with Gasteiger partial charge in [-0.1, -0.05) is 12.2 Å². The molecule has 2 aliphatic heterocycles. The summed E-state index contributed by atoms with van der Waals surface area (Å²) in [5.41, 5.74) is 5.51. The first-order valence-corrected chi connectivity index (χ1v) is 3.44. The normalized spacial score (nSPS) is 46.6. The van der Waals surface area contributed by atoms with Crippen molar-refractivity contribution in [3.63, 3.8) is 0 Å². The fourth-order valence-electron chi connectivity index (χ4n) is 1.59. The summed E-state index contributed by atoms with van der Waals surface area (Å²) in [4.78, 5) is 0. The molecule has 0 spiro atoms. The van der Waals surface area contributed by atoms with Crippen molar-refractivity contribution in [3.05, 3.63) is 12.2 Å². The SMILES string of the molecule is NC[C@H]1C[C@@H]2C=C[C@@H]1O2. The van der Waals surface area contributed by atoms with Gasteiger partial charge in [-0.05, 0) is 13.0 Å². The molecule has 2 N–H and O–H groups in total. The Hall–Kier alpha value is -0.340. The summed E-state index contributed by atoms with van der Waals surface area (Å²) in [5.74, 6) is 0.597. The maximum atomic E-state index is 5.51. The van der Waals surface area contributed by atoms with Crippen LogP contribution in [0.4, 0.5) is 0 Å². The molecular weight excluding hydrogens is 114 g/mol. The topological polar surface area (TPSA) is 35.2 Å².